The molecule has 17 unspecified atom stereocenters. The molecular formula is C68H125NO18. The van der Waals surface area contributed by atoms with Crippen molar-refractivity contribution in [3.05, 3.63) is 36.5 Å². The number of ether oxygens (including phenoxy) is 6. The fraction of sp³-hybridized carbons (Fsp3) is 0.897. The Kier molecular flexibility index (Phi) is 46.0. The molecule has 19 heteroatoms. The van der Waals surface area contributed by atoms with E-state index in [0.29, 0.717) is 12.8 Å². The molecule has 3 fully saturated rings. The van der Waals surface area contributed by atoms with Crippen LogP contribution >= 0.6 is 0 Å². The van der Waals surface area contributed by atoms with Crippen molar-refractivity contribution < 1.29 is 89.4 Å². The Labute approximate surface area is 523 Å². The van der Waals surface area contributed by atoms with Crippen molar-refractivity contribution in [3.63, 3.8) is 0 Å². The van der Waals surface area contributed by atoms with Gasteiger partial charge >= 0.3 is 0 Å². The Morgan fingerprint density at radius 1 is 0.402 bits per heavy atom. The number of hydrogen-bond donors (Lipinski definition) is 12. The van der Waals surface area contributed by atoms with Gasteiger partial charge in [0.1, 0.15) is 73.2 Å². The van der Waals surface area contributed by atoms with Gasteiger partial charge in [-0.2, -0.15) is 0 Å². The number of hydrogen-bond acceptors (Lipinski definition) is 18. The van der Waals surface area contributed by atoms with Gasteiger partial charge in [-0.1, -0.05) is 230 Å². The molecule has 87 heavy (non-hydrogen) atoms. The van der Waals surface area contributed by atoms with Crippen LogP contribution in [-0.4, -0.2) is 193 Å². The molecule has 3 saturated heterocycles. The van der Waals surface area contributed by atoms with E-state index in [1.54, 1.807) is 6.08 Å². The molecular weight excluding hydrogens is 1120 g/mol. The van der Waals surface area contributed by atoms with E-state index < -0.39 is 124 Å². The van der Waals surface area contributed by atoms with Crippen molar-refractivity contribution >= 4 is 5.91 Å². The summed E-state index contributed by atoms with van der Waals surface area (Å²) < 4.78 is 34.3. The predicted molar refractivity (Wildman–Crippen MR) is 337 cm³/mol. The zero-order valence-corrected chi connectivity index (χ0v) is 53.8. The fourth-order valence-electron chi connectivity index (χ4n) is 11.7. The molecule has 12 N–H and O–H groups in total. The van der Waals surface area contributed by atoms with Gasteiger partial charge in [-0.05, 0) is 57.8 Å². The SMILES string of the molecule is CCCCCCCC/C=C\CCCCCCCCCC(=O)NC(COC1OC(CO)C(OC2OC(CO)C(OC3OC(CO)C(O)C(O)C3O)C(O)C2O)C(O)C1O)C(O)/C=C/CC/C=C/CCCCCCCCCCCCCCCCCCCCC. The van der Waals surface area contributed by atoms with E-state index in [4.69, 9.17) is 28.4 Å². The first kappa shape index (κ1) is 79.2. The van der Waals surface area contributed by atoms with Gasteiger partial charge in [0, 0.05) is 6.42 Å². The summed E-state index contributed by atoms with van der Waals surface area (Å²) in [5.74, 6) is -0.288. The van der Waals surface area contributed by atoms with Crippen molar-refractivity contribution in [3.8, 4) is 0 Å². The largest absolute Gasteiger partial charge is 0.394 e. The molecule has 0 bridgehead atoms. The van der Waals surface area contributed by atoms with E-state index >= 15 is 0 Å². The number of aliphatic hydroxyl groups excluding tert-OH is 11. The van der Waals surface area contributed by atoms with Crippen LogP contribution in [0.5, 0.6) is 0 Å². The zero-order chi connectivity index (χ0) is 63.3. The smallest absolute Gasteiger partial charge is 0.220 e. The number of aliphatic hydroxyl groups is 11. The van der Waals surface area contributed by atoms with Crippen molar-refractivity contribution in [1.29, 1.82) is 0 Å². The lowest BCUT2D eigenvalue weighted by atomic mass is 9.96. The molecule has 0 saturated carbocycles. The summed E-state index contributed by atoms with van der Waals surface area (Å²) in [5.41, 5.74) is 0. The second-order valence-corrected chi connectivity index (χ2v) is 25.0. The van der Waals surface area contributed by atoms with Crippen molar-refractivity contribution in [2.45, 2.75) is 362 Å². The summed E-state index contributed by atoms with van der Waals surface area (Å²) in [6.07, 6.45) is 31.3. The highest BCUT2D eigenvalue weighted by atomic mass is 16.8. The lowest BCUT2D eigenvalue weighted by Gasteiger charge is -2.48. The van der Waals surface area contributed by atoms with Gasteiger partial charge < -0.3 is 89.9 Å². The molecule has 3 aliphatic heterocycles. The zero-order valence-electron chi connectivity index (χ0n) is 53.8. The van der Waals surface area contributed by atoms with Crippen LogP contribution in [0.4, 0.5) is 0 Å². The number of amides is 1. The molecule has 19 nitrogen and oxygen atoms in total. The molecule has 17 atom stereocenters. The minimum atomic E-state index is -1.98. The number of carbonyl (C=O) groups excluding carboxylic acids is 1. The Hall–Kier alpha value is -1.99. The highest BCUT2D eigenvalue weighted by molar-refractivity contribution is 5.76. The van der Waals surface area contributed by atoms with Gasteiger partial charge in [0.15, 0.2) is 18.9 Å². The maximum atomic E-state index is 13.4. The van der Waals surface area contributed by atoms with Gasteiger partial charge in [-0.3, -0.25) is 4.79 Å². The normalized spacial score (nSPS) is 28.8. The Bertz CT molecular complexity index is 1720. The number of carbonyl (C=O) groups is 1. The molecule has 0 radical (unpaired) electrons. The molecule has 0 spiro atoms. The molecule has 0 aromatic rings. The second-order valence-electron chi connectivity index (χ2n) is 25.0. The fourth-order valence-corrected chi connectivity index (χ4v) is 11.7. The van der Waals surface area contributed by atoms with E-state index in [0.717, 1.165) is 51.4 Å². The minimum Gasteiger partial charge on any atom is -0.394 e. The van der Waals surface area contributed by atoms with Crippen molar-refractivity contribution in [1.82, 2.24) is 5.32 Å². The van der Waals surface area contributed by atoms with E-state index in [2.05, 4.69) is 43.5 Å². The van der Waals surface area contributed by atoms with E-state index in [1.807, 2.05) is 6.08 Å². The predicted octanol–water partition coefficient (Wildman–Crippen LogP) is 8.83. The van der Waals surface area contributed by atoms with Crippen LogP contribution in [0.3, 0.4) is 0 Å². The van der Waals surface area contributed by atoms with E-state index in [-0.39, 0.29) is 18.9 Å². The molecule has 0 aromatic carbocycles. The van der Waals surface area contributed by atoms with Crippen LogP contribution in [0, 0.1) is 0 Å². The van der Waals surface area contributed by atoms with Gasteiger partial charge in [-0.15, -0.1) is 0 Å². The number of rotatable bonds is 53. The first-order valence-electron chi connectivity index (χ1n) is 34.7. The third-order valence-electron chi connectivity index (χ3n) is 17.4. The summed E-state index contributed by atoms with van der Waals surface area (Å²) in [6, 6.07) is -0.992. The van der Waals surface area contributed by atoms with Crippen LogP contribution < -0.4 is 5.32 Å². The molecule has 0 aromatic heterocycles. The Morgan fingerprint density at radius 3 is 1.15 bits per heavy atom. The lowest BCUT2D eigenvalue weighted by molar-refractivity contribution is -0.379. The maximum Gasteiger partial charge on any atom is 0.220 e. The average Bonchev–Trinajstić information content (AvgIpc) is 2.97. The van der Waals surface area contributed by atoms with Crippen molar-refractivity contribution in [2.75, 3.05) is 26.4 Å². The first-order chi connectivity index (χ1) is 42.3. The molecule has 3 heterocycles. The summed E-state index contributed by atoms with van der Waals surface area (Å²) in [7, 11) is 0. The summed E-state index contributed by atoms with van der Waals surface area (Å²) in [5, 5.41) is 120. The standard InChI is InChI=1S/C68H125NO18/c1-3-5-7-9-11-13-15-17-19-21-22-23-24-25-26-27-28-30-31-33-35-37-39-41-43-45-52(73)51(69-56(74)46-44-42-40-38-36-34-32-29-20-18-16-14-12-10-8-6-4-2)50-82-66-62(80)59(77)64(54(48-71)84-66)87-68-63(81)60(78)65(55(49-72)85-68)86-67-61(79)58(76)57(75)53(47-70)83-67/h18,20,35,37,43,45,51-55,57-68,70-73,75-81H,3-17,19,21-34,36,38-42,44,46-50H2,1-2H3,(H,69,74)/b20-18-,37-35+,45-43+. The number of unbranched alkanes of at least 4 members (excludes halogenated alkanes) is 33. The molecule has 510 valence electrons. The summed E-state index contributed by atoms with van der Waals surface area (Å²) in [4.78, 5) is 13.4. The van der Waals surface area contributed by atoms with E-state index in [9.17, 15) is 61.0 Å². The second kappa shape index (κ2) is 50.6. The van der Waals surface area contributed by atoms with Gasteiger partial charge in [0.2, 0.25) is 5.91 Å². The molecule has 1 amide bonds. The summed E-state index contributed by atoms with van der Waals surface area (Å²) in [6.45, 7) is 1.73. The third kappa shape index (κ3) is 32.9. The lowest BCUT2D eigenvalue weighted by Crippen LogP contribution is -2.66. The number of allylic oxidation sites excluding steroid dienone is 5. The highest BCUT2D eigenvalue weighted by Crippen LogP contribution is 2.33. The van der Waals surface area contributed by atoms with E-state index in [1.165, 1.54) is 173 Å². The third-order valence-corrected chi connectivity index (χ3v) is 17.4. The van der Waals surface area contributed by atoms with Gasteiger partial charge in [-0.25, -0.2) is 0 Å². The Morgan fingerprint density at radius 2 is 0.736 bits per heavy atom. The first-order valence-corrected chi connectivity index (χ1v) is 34.7. The summed E-state index contributed by atoms with van der Waals surface area (Å²) >= 11 is 0. The average molecular weight is 1240 g/mol. The maximum absolute atomic E-state index is 13.4. The van der Waals surface area contributed by atoms with Gasteiger partial charge in [0.05, 0.1) is 38.6 Å². The highest BCUT2D eigenvalue weighted by Gasteiger charge is 2.53. The van der Waals surface area contributed by atoms with Crippen LogP contribution in [0.1, 0.15) is 258 Å². The van der Waals surface area contributed by atoms with Crippen LogP contribution in [0.15, 0.2) is 36.5 Å². The Balaban J connectivity index is 1.45. The molecule has 0 aliphatic carbocycles. The van der Waals surface area contributed by atoms with Crippen molar-refractivity contribution in [2.24, 2.45) is 0 Å². The number of nitrogens with one attached hydrogen (secondary N) is 1. The monoisotopic (exact) mass is 1240 g/mol. The molecule has 3 aliphatic rings. The minimum absolute atomic E-state index is 0.231. The van der Waals surface area contributed by atoms with Crippen LogP contribution in [-0.2, 0) is 33.2 Å². The molecule has 3 rings (SSSR count). The van der Waals surface area contributed by atoms with Crippen LogP contribution in [0.25, 0.3) is 0 Å². The topological polar surface area (TPSA) is 307 Å². The van der Waals surface area contributed by atoms with Crippen LogP contribution in [0.2, 0.25) is 0 Å². The van der Waals surface area contributed by atoms with Gasteiger partial charge in [0.25, 0.3) is 0 Å². The quantitative estimate of drug-likeness (QED) is 0.0200.